The number of methoxy groups -OCH3 is 1. The number of aliphatic hydroxyl groups is 3. The summed E-state index contributed by atoms with van der Waals surface area (Å²) in [5.74, 6) is 6.23. The lowest BCUT2D eigenvalue weighted by Crippen LogP contribution is -2.60. The molecule has 2 aliphatic heterocycles. The molecule has 10 rings (SSSR count). The molecule has 6 unspecified atom stereocenters. The Hall–Kier alpha value is -0.810. The normalized spacial score (nSPS) is 49.3. The van der Waals surface area contributed by atoms with E-state index in [9.17, 15) is 20.1 Å². The second-order valence-electron chi connectivity index (χ2n) is 24.6. The van der Waals surface area contributed by atoms with Crippen LogP contribution in [0.15, 0.2) is 0 Å². The third-order valence-corrected chi connectivity index (χ3v) is 22.4. The van der Waals surface area contributed by atoms with Crippen LogP contribution in [-0.2, 0) is 28.5 Å². The molecule has 0 amide bonds. The lowest BCUT2D eigenvalue weighted by Gasteiger charge is -2.63. The van der Waals surface area contributed by atoms with Crippen molar-refractivity contribution in [3.8, 4) is 0 Å². The summed E-state index contributed by atoms with van der Waals surface area (Å²) in [5, 5.41) is 32.4. The van der Waals surface area contributed by atoms with Crippen LogP contribution in [0.3, 0.4) is 0 Å². The summed E-state index contributed by atoms with van der Waals surface area (Å²) in [6.07, 6.45) is 21.5. The van der Waals surface area contributed by atoms with E-state index in [0.29, 0.717) is 108 Å². The average molecular weight is 869 g/mol. The lowest BCUT2D eigenvalue weighted by atomic mass is 9.43. The topological polar surface area (TPSA) is 124 Å². The molecule has 0 aromatic carbocycles. The van der Waals surface area contributed by atoms with Crippen molar-refractivity contribution in [2.24, 2.45) is 92.7 Å². The van der Waals surface area contributed by atoms with Crippen molar-refractivity contribution in [2.75, 3.05) is 40.1 Å². The number of aliphatic hydroxyl groups excluding tert-OH is 3. The summed E-state index contributed by atoms with van der Waals surface area (Å²) in [6.45, 7) is 18.1. The average Bonchev–Trinajstić information content (AvgIpc) is 4.06. The number of carbonyl (C=O) groups is 1. The Labute approximate surface area is 375 Å². The molecule has 8 aliphatic carbocycles. The van der Waals surface area contributed by atoms with Gasteiger partial charge in [-0.05, 0) is 189 Å². The SMILES string of the molecule is COC(=O)CC[C@@H](C)[C@H]1CCC2C3C(CC[C@@]21C)[C@@]1(C)CCC2(C[C@@H]1C[C@H]3O)OCCO2.C[C@H](CCCO)[C@H]1CCC2C3C(CC[C@@]21C)[C@@]1(C)CCC2(C[C@@H]1C[C@H]3O)OCCO2. The molecule has 62 heavy (non-hydrogen) atoms. The van der Waals surface area contributed by atoms with Gasteiger partial charge in [0.2, 0.25) is 0 Å². The monoisotopic (exact) mass is 869 g/mol. The third-order valence-electron chi connectivity index (χ3n) is 22.4. The molecule has 2 spiro atoms. The smallest absolute Gasteiger partial charge is 0.305 e. The molecule has 0 aromatic rings. The Bertz CT molecular complexity index is 1570. The minimum atomic E-state index is -0.368. The summed E-state index contributed by atoms with van der Waals surface area (Å²) in [6, 6.07) is 0. The van der Waals surface area contributed by atoms with Gasteiger partial charge in [-0.3, -0.25) is 4.79 Å². The summed E-state index contributed by atoms with van der Waals surface area (Å²) in [5.41, 5.74) is 1.27. The molecule has 2 heterocycles. The molecule has 354 valence electrons. The van der Waals surface area contributed by atoms with Gasteiger partial charge in [0.15, 0.2) is 11.6 Å². The zero-order valence-corrected chi connectivity index (χ0v) is 40.1. The molecule has 18 atom stereocenters. The van der Waals surface area contributed by atoms with Crippen LogP contribution in [0.2, 0.25) is 0 Å². The van der Waals surface area contributed by atoms with Crippen LogP contribution >= 0.6 is 0 Å². The Morgan fingerprint density at radius 2 is 1.02 bits per heavy atom. The number of esters is 1. The van der Waals surface area contributed by atoms with E-state index in [1.165, 1.54) is 64.9 Å². The summed E-state index contributed by atoms with van der Waals surface area (Å²) < 4.78 is 29.2. The Morgan fingerprint density at radius 1 is 0.597 bits per heavy atom. The first-order valence-electron chi connectivity index (χ1n) is 26.1. The van der Waals surface area contributed by atoms with Crippen LogP contribution in [0, 0.1) is 92.7 Å². The summed E-state index contributed by atoms with van der Waals surface area (Å²) in [7, 11) is 1.48. The number of carbonyl (C=O) groups excluding carboxylic acids is 1. The standard InChI is InChI=1S/C27H44O5.C26H44O4/c1-17(5-8-23(29)30-4)19-6-7-20-24-21(9-10-26(19,20)3)25(2)11-12-27(31-13-14-32-27)16-18(25)15-22(24)28;1-17(5-4-12-27)19-6-7-20-23-21(8-9-25(19,20)3)24(2)10-11-26(29-13-14-30-26)16-18(24)15-22(23)28/h17-22,24,28H,5-16H2,1-4H3;17-23,27-28H,4-16H2,1-3H3/t17-,18+,19-,20?,21?,22-,24?,25+,26-;17-,18+,19-,20?,21?,22-,23?,24+,25-/m11/s1. The zero-order valence-electron chi connectivity index (χ0n) is 40.1. The molecule has 9 nitrogen and oxygen atoms in total. The number of fused-ring (bicyclic) bond motifs is 10. The van der Waals surface area contributed by atoms with Crippen LogP contribution in [0.5, 0.6) is 0 Å². The first kappa shape index (κ1) is 46.3. The van der Waals surface area contributed by atoms with Gasteiger partial charge in [0.1, 0.15) is 0 Å². The van der Waals surface area contributed by atoms with E-state index in [4.69, 9.17) is 23.7 Å². The number of rotatable bonds is 8. The molecule has 9 heteroatoms. The van der Waals surface area contributed by atoms with Crippen LogP contribution in [0.1, 0.15) is 170 Å². The van der Waals surface area contributed by atoms with Gasteiger partial charge in [-0.1, -0.05) is 41.5 Å². The van der Waals surface area contributed by atoms with Gasteiger partial charge < -0.3 is 39.0 Å². The lowest BCUT2D eigenvalue weighted by molar-refractivity contribution is -0.243. The van der Waals surface area contributed by atoms with Crippen molar-refractivity contribution in [1.29, 1.82) is 0 Å². The minimum absolute atomic E-state index is 0.0905. The predicted molar refractivity (Wildman–Crippen MR) is 238 cm³/mol. The zero-order chi connectivity index (χ0) is 43.9. The van der Waals surface area contributed by atoms with Gasteiger partial charge in [0.25, 0.3) is 0 Å². The Kier molecular flexibility index (Phi) is 13.0. The minimum Gasteiger partial charge on any atom is -0.469 e. The van der Waals surface area contributed by atoms with Gasteiger partial charge >= 0.3 is 5.97 Å². The van der Waals surface area contributed by atoms with Crippen molar-refractivity contribution in [3.05, 3.63) is 0 Å². The summed E-state index contributed by atoms with van der Waals surface area (Å²) >= 11 is 0. The Morgan fingerprint density at radius 3 is 1.44 bits per heavy atom. The van der Waals surface area contributed by atoms with E-state index in [1.54, 1.807) is 0 Å². The van der Waals surface area contributed by atoms with Gasteiger partial charge in [-0.2, -0.15) is 0 Å². The highest BCUT2D eigenvalue weighted by atomic mass is 16.7. The molecule has 0 radical (unpaired) electrons. The number of hydrogen-bond acceptors (Lipinski definition) is 9. The fourth-order valence-corrected chi connectivity index (χ4v) is 19.1. The van der Waals surface area contributed by atoms with Gasteiger partial charge in [-0.15, -0.1) is 0 Å². The molecule has 2 saturated heterocycles. The largest absolute Gasteiger partial charge is 0.469 e. The molecular weight excluding hydrogens is 781 g/mol. The van der Waals surface area contributed by atoms with E-state index >= 15 is 0 Å². The fraction of sp³-hybridized carbons (Fsp3) is 0.981. The van der Waals surface area contributed by atoms with Crippen LogP contribution in [0.25, 0.3) is 0 Å². The highest BCUT2D eigenvalue weighted by molar-refractivity contribution is 5.69. The maximum atomic E-state index is 11.7. The van der Waals surface area contributed by atoms with Gasteiger partial charge in [0.05, 0.1) is 45.7 Å². The van der Waals surface area contributed by atoms with E-state index in [0.717, 1.165) is 83.3 Å². The molecule has 3 N–H and O–H groups in total. The summed E-state index contributed by atoms with van der Waals surface area (Å²) in [4.78, 5) is 11.7. The quantitative estimate of drug-likeness (QED) is 0.205. The highest BCUT2D eigenvalue weighted by Gasteiger charge is 2.66. The van der Waals surface area contributed by atoms with E-state index in [1.807, 2.05) is 0 Å². The van der Waals surface area contributed by atoms with Crippen molar-refractivity contribution in [1.82, 2.24) is 0 Å². The molecule has 10 aliphatic rings. The van der Waals surface area contributed by atoms with Crippen molar-refractivity contribution in [2.45, 2.75) is 194 Å². The van der Waals surface area contributed by atoms with Crippen LogP contribution in [0.4, 0.5) is 0 Å². The Balaban J connectivity index is 0.000000158. The molecule has 0 bridgehead atoms. The highest BCUT2D eigenvalue weighted by Crippen LogP contribution is 2.71. The van der Waals surface area contributed by atoms with E-state index < -0.39 is 0 Å². The van der Waals surface area contributed by atoms with Crippen LogP contribution in [-0.4, -0.2) is 85.2 Å². The van der Waals surface area contributed by atoms with Crippen molar-refractivity contribution in [3.63, 3.8) is 0 Å². The molecule has 0 aromatic heterocycles. The fourth-order valence-electron chi connectivity index (χ4n) is 19.1. The second-order valence-corrected chi connectivity index (χ2v) is 24.6. The van der Waals surface area contributed by atoms with Crippen molar-refractivity contribution < 1.29 is 43.8 Å². The molecule has 8 saturated carbocycles. The third kappa shape index (κ3) is 7.62. The van der Waals surface area contributed by atoms with Crippen molar-refractivity contribution >= 4 is 5.97 Å². The van der Waals surface area contributed by atoms with E-state index in [2.05, 4.69) is 41.5 Å². The molecule has 10 fully saturated rings. The first-order chi connectivity index (χ1) is 29.6. The maximum absolute atomic E-state index is 11.7. The molecular formula is C53H88O9. The van der Waals surface area contributed by atoms with E-state index in [-0.39, 0.29) is 35.2 Å². The maximum Gasteiger partial charge on any atom is 0.305 e. The first-order valence-corrected chi connectivity index (χ1v) is 26.1. The predicted octanol–water partition coefficient (Wildman–Crippen LogP) is 9.72. The van der Waals surface area contributed by atoms with Gasteiger partial charge in [-0.25, -0.2) is 0 Å². The number of ether oxygens (including phenoxy) is 5. The van der Waals surface area contributed by atoms with Gasteiger partial charge in [0, 0.05) is 38.7 Å². The second kappa shape index (κ2) is 17.4. The van der Waals surface area contributed by atoms with Crippen LogP contribution < -0.4 is 0 Å². The number of hydrogen-bond donors (Lipinski definition) is 3.